The number of amides is 1. The van der Waals surface area contributed by atoms with Gasteiger partial charge < -0.3 is 4.74 Å². The fourth-order valence-corrected chi connectivity index (χ4v) is 3.96. The third-order valence-electron chi connectivity index (χ3n) is 3.82. The number of hydrogen-bond donors (Lipinski definition) is 0. The van der Waals surface area contributed by atoms with Gasteiger partial charge in [0.25, 0.3) is 5.91 Å². The van der Waals surface area contributed by atoms with Gasteiger partial charge in [0.1, 0.15) is 5.54 Å². The number of likely N-dealkylation sites (N-methyl/N-ethyl adjacent to an activating group) is 1. The topological polar surface area (TPSA) is 49.9 Å². The maximum Gasteiger partial charge on any atom is 0.342 e. The van der Waals surface area contributed by atoms with Crippen LogP contribution in [-0.2, 0) is 9.53 Å². The molecule has 23 heavy (non-hydrogen) atoms. The summed E-state index contributed by atoms with van der Waals surface area (Å²) in [5, 5.41) is 0.437. The van der Waals surface area contributed by atoms with E-state index in [-0.39, 0.29) is 28.2 Å². The molecule has 1 unspecified atom stereocenters. The van der Waals surface area contributed by atoms with Gasteiger partial charge in [0.15, 0.2) is 6.73 Å². The summed E-state index contributed by atoms with van der Waals surface area (Å²) in [4.78, 5) is 24.7. The lowest BCUT2D eigenvalue weighted by molar-refractivity contribution is -0.134. The number of benzene rings is 1. The Morgan fingerprint density at radius 3 is 2.52 bits per heavy atom. The van der Waals surface area contributed by atoms with Gasteiger partial charge in [-0.3, -0.25) is 4.79 Å². The fourth-order valence-electron chi connectivity index (χ4n) is 2.39. The van der Waals surface area contributed by atoms with Crippen molar-refractivity contribution in [2.45, 2.75) is 32.2 Å². The number of halogens is 2. The number of carbonyl (C=O) groups excluding carboxylic acids is 2. The molecule has 5 nitrogen and oxygen atoms in total. The van der Waals surface area contributed by atoms with Crippen molar-refractivity contribution >= 4 is 47.2 Å². The van der Waals surface area contributed by atoms with Crippen molar-refractivity contribution in [2.75, 3.05) is 13.8 Å². The highest BCUT2D eigenvalue weighted by Crippen LogP contribution is 2.38. The number of ether oxygens (including phenoxy) is 1. The first-order valence-corrected chi connectivity index (χ1v) is 8.65. The summed E-state index contributed by atoms with van der Waals surface area (Å²) in [5.74, 6) is -0.731. The predicted octanol–water partition coefficient (Wildman–Crippen LogP) is 4.00. The number of esters is 1. The van der Waals surface area contributed by atoms with E-state index in [0.29, 0.717) is 0 Å². The van der Waals surface area contributed by atoms with E-state index < -0.39 is 11.5 Å². The minimum Gasteiger partial charge on any atom is -0.440 e. The lowest BCUT2D eigenvalue weighted by Gasteiger charge is -2.26. The van der Waals surface area contributed by atoms with Gasteiger partial charge in [0.2, 0.25) is 0 Å². The number of hydrogen-bond acceptors (Lipinski definition) is 5. The van der Waals surface area contributed by atoms with E-state index in [1.165, 1.54) is 16.4 Å². The summed E-state index contributed by atoms with van der Waals surface area (Å²) < 4.78 is 8.53. The summed E-state index contributed by atoms with van der Waals surface area (Å²) in [7, 11) is 1.85. The molecule has 0 N–H and O–H groups in total. The first kappa shape index (κ1) is 18.4. The Morgan fingerprint density at radius 2 is 1.96 bits per heavy atom. The average Bonchev–Trinajstić information content (AvgIpc) is 2.69. The number of carbonyl (C=O) groups is 2. The molecule has 2 rings (SSSR count). The SMILES string of the molecule is CCCC1(C)C(=O)N(COC(=O)c2c(Cl)cccc2Cl)SN1C. The average molecular weight is 377 g/mol. The highest BCUT2D eigenvalue weighted by molar-refractivity contribution is 7.95. The largest absolute Gasteiger partial charge is 0.440 e. The Bertz CT molecular complexity index is 608. The van der Waals surface area contributed by atoms with Crippen molar-refractivity contribution in [1.29, 1.82) is 0 Å². The zero-order valence-electron chi connectivity index (χ0n) is 13.1. The van der Waals surface area contributed by atoms with E-state index in [1.54, 1.807) is 18.2 Å². The maximum atomic E-state index is 12.5. The molecule has 1 saturated heterocycles. The second-order valence-electron chi connectivity index (χ2n) is 5.44. The molecule has 8 heteroatoms. The van der Waals surface area contributed by atoms with Crippen LogP contribution in [0, 0.1) is 0 Å². The molecule has 1 heterocycles. The molecule has 0 aliphatic carbocycles. The van der Waals surface area contributed by atoms with E-state index in [1.807, 2.05) is 25.2 Å². The molecule has 1 fully saturated rings. The Morgan fingerprint density at radius 1 is 1.35 bits per heavy atom. The number of nitrogens with zero attached hydrogens (tertiary/aromatic N) is 2. The molecule has 1 aromatic carbocycles. The first-order chi connectivity index (χ1) is 10.8. The fraction of sp³-hybridized carbons (Fsp3) is 0.467. The first-order valence-electron chi connectivity index (χ1n) is 7.16. The molecule has 0 spiro atoms. The molecule has 0 aromatic heterocycles. The van der Waals surface area contributed by atoms with Crippen LogP contribution < -0.4 is 0 Å². The van der Waals surface area contributed by atoms with Crippen molar-refractivity contribution in [3.05, 3.63) is 33.8 Å². The molecule has 1 aromatic rings. The second kappa shape index (κ2) is 7.30. The van der Waals surface area contributed by atoms with Gasteiger partial charge in [-0.05, 0) is 25.5 Å². The van der Waals surface area contributed by atoms with Crippen molar-refractivity contribution in [3.63, 3.8) is 0 Å². The highest BCUT2D eigenvalue weighted by Gasteiger charge is 2.48. The van der Waals surface area contributed by atoms with Gasteiger partial charge in [-0.1, -0.05) is 42.6 Å². The molecule has 1 atom stereocenters. The van der Waals surface area contributed by atoms with Gasteiger partial charge in [-0.2, -0.15) is 0 Å². The van der Waals surface area contributed by atoms with Gasteiger partial charge in [-0.15, -0.1) is 0 Å². The van der Waals surface area contributed by atoms with E-state index in [4.69, 9.17) is 27.9 Å². The summed E-state index contributed by atoms with van der Waals surface area (Å²) in [6.45, 7) is 3.76. The van der Waals surface area contributed by atoms with Crippen LogP contribution in [0.2, 0.25) is 10.0 Å². The maximum absolute atomic E-state index is 12.5. The van der Waals surface area contributed by atoms with Gasteiger partial charge in [-0.25, -0.2) is 13.4 Å². The molecule has 1 aliphatic heterocycles. The lowest BCUT2D eigenvalue weighted by atomic mass is 9.95. The Balaban J connectivity index is 2.04. The number of rotatable bonds is 5. The van der Waals surface area contributed by atoms with Crippen LogP contribution in [0.1, 0.15) is 37.0 Å². The van der Waals surface area contributed by atoms with Crippen LogP contribution in [0.25, 0.3) is 0 Å². The third-order valence-corrected chi connectivity index (χ3v) is 5.57. The summed E-state index contributed by atoms with van der Waals surface area (Å²) in [6.07, 6.45) is 1.62. The van der Waals surface area contributed by atoms with E-state index in [0.717, 1.165) is 12.8 Å². The molecular weight excluding hydrogens is 359 g/mol. The smallest absolute Gasteiger partial charge is 0.342 e. The third kappa shape index (κ3) is 3.60. The van der Waals surface area contributed by atoms with E-state index in [2.05, 4.69) is 0 Å². The van der Waals surface area contributed by atoms with E-state index >= 15 is 0 Å². The van der Waals surface area contributed by atoms with E-state index in [9.17, 15) is 9.59 Å². The zero-order valence-corrected chi connectivity index (χ0v) is 15.5. The van der Waals surface area contributed by atoms with Crippen LogP contribution >= 0.6 is 35.3 Å². The molecule has 126 valence electrons. The zero-order chi connectivity index (χ0) is 17.2. The van der Waals surface area contributed by atoms with Gasteiger partial charge in [0.05, 0.1) is 15.6 Å². The van der Waals surface area contributed by atoms with Crippen molar-refractivity contribution in [1.82, 2.24) is 8.61 Å². The van der Waals surface area contributed by atoms with Crippen LogP contribution in [-0.4, -0.2) is 39.8 Å². The van der Waals surface area contributed by atoms with Crippen molar-refractivity contribution in [2.24, 2.45) is 0 Å². The Kier molecular flexibility index (Phi) is 5.84. The molecule has 1 amide bonds. The summed E-state index contributed by atoms with van der Waals surface area (Å²) in [5.41, 5.74) is -0.481. The van der Waals surface area contributed by atoms with Crippen LogP contribution in [0.4, 0.5) is 0 Å². The molecule has 0 saturated carbocycles. The Labute approximate surface area is 150 Å². The molecular formula is C15H18Cl2N2O3S. The van der Waals surface area contributed by atoms with Crippen LogP contribution in [0.5, 0.6) is 0 Å². The molecule has 1 aliphatic rings. The quantitative estimate of drug-likeness (QED) is 0.573. The van der Waals surface area contributed by atoms with Gasteiger partial charge >= 0.3 is 5.97 Å². The van der Waals surface area contributed by atoms with Crippen LogP contribution in [0.15, 0.2) is 18.2 Å². The Hall–Kier alpha value is -0.950. The minimum absolute atomic E-state index is 0.0788. The summed E-state index contributed by atoms with van der Waals surface area (Å²) >= 11 is 13.2. The molecule has 0 radical (unpaired) electrons. The predicted molar refractivity (Wildman–Crippen MR) is 92.3 cm³/mol. The molecule has 0 bridgehead atoms. The van der Waals surface area contributed by atoms with Crippen molar-refractivity contribution < 1.29 is 14.3 Å². The normalized spacial score (nSPS) is 21.8. The minimum atomic E-state index is -0.652. The monoisotopic (exact) mass is 376 g/mol. The second-order valence-corrected chi connectivity index (χ2v) is 7.41. The van der Waals surface area contributed by atoms with Gasteiger partial charge in [0, 0.05) is 19.2 Å². The highest BCUT2D eigenvalue weighted by atomic mass is 35.5. The lowest BCUT2D eigenvalue weighted by Crippen LogP contribution is -2.44. The summed E-state index contributed by atoms with van der Waals surface area (Å²) in [6, 6.07) is 4.77. The van der Waals surface area contributed by atoms with Crippen molar-refractivity contribution in [3.8, 4) is 0 Å². The van der Waals surface area contributed by atoms with Crippen LogP contribution in [0.3, 0.4) is 0 Å². The standard InChI is InChI=1S/C15H18Cl2N2O3S/c1-4-8-15(2)14(21)19(23-18(15)3)9-22-13(20)12-10(16)6-5-7-11(12)17/h5-7H,4,8-9H2,1-3H3.